The van der Waals surface area contributed by atoms with Crippen molar-refractivity contribution in [3.63, 3.8) is 0 Å². The van der Waals surface area contributed by atoms with Crippen molar-refractivity contribution in [1.82, 2.24) is 14.2 Å². The summed E-state index contributed by atoms with van der Waals surface area (Å²) in [6.07, 6.45) is 0.606. The van der Waals surface area contributed by atoms with E-state index in [1.165, 1.54) is 9.21 Å². The second-order valence-corrected chi connectivity index (χ2v) is 12.0. The van der Waals surface area contributed by atoms with Gasteiger partial charge in [0, 0.05) is 39.0 Å². The number of hydrazone groups is 1. The molecule has 10 nitrogen and oxygen atoms in total. The lowest BCUT2D eigenvalue weighted by Crippen LogP contribution is -2.53. The highest BCUT2D eigenvalue weighted by molar-refractivity contribution is 7.91. The van der Waals surface area contributed by atoms with Crippen LogP contribution in [0.2, 0.25) is 0 Å². The molecule has 0 spiro atoms. The molecule has 4 rings (SSSR count). The minimum absolute atomic E-state index is 0.0120. The number of nitrogens with zero attached hydrogens (tertiary/aromatic N) is 4. The van der Waals surface area contributed by atoms with Crippen molar-refractivity contribution < 1.29 is 26.4 Å². The van der Waals surface area contributed by atoms with E-state index >= 15 is 0 Å². The van der Waals surface area contributed by atoms with Gasteiger partial charge in [-0.05, 0) is 18.6 Å². The van der Waals surface area contributed by atoms with Crippen LogP contribution in [0.15, 0.2) is 40.3 Å². The molecule has 2 saturated heterocycles. The molecule has 3 aliphatic heterocycles. The van der Waals surface area contributed by atoms with Crippen LogP contribution in [0.4, 0.5) is 0 Å². The highest BCUT2D eigenvalue weighted by Crippen LogP contribution is 2.23. The smallest absolute Gasteiger partial charge is 0.270 e. The van der Waals surface area contributed by atoms with Crippen molar-refractivity contribution in [1.29, 1.82) is 0 Å². The molecule has 0 bridgehead atoms. The predicted molar refractivity (Wildman–Crippen MR) is 112 cm³/mol. The maximum atomic E-state index is 12.9. The van der Waals surface area contributed by atoms with Gasteiger partial charge in [0.1, 0.15) is 5.71 Å². The number of hydrogen-bond acceptors (Lipinski definition) is 7. The molecule has 1 aromatic carbocycles. The predicted octanol–water partition coefficient (Wildman–Crippen LogP) is -0.315. The van der Waals surface area contributed by atoms with Crippen molar-refractivity contribution >= 4 is 37.4 Å². The van der Waals surface area contributed by atoms with Crippen LogP contribution in [0.3, 0.4) is 0 Å². The fraction of sp³-hybridized carbons (Fsp3) is 0.526. The summed E-state index contributed by atoms with van der Waals surface area (Å²) < 4.78 is 50.4. The number of piperazine rings is 1. The third-order valence-corrected chi connectivity index (χ3v) is 9.43. The Hall–Kier alpha value is -2.31. The quantitative estimate of drug-likeness (QED) is 0.597. The van der Waals surface area contributed by atoms with Crippen molar-refractivity contribution in [2.24, 2.45) is 5.10 Å². The summed E-state index contributed by atoms with van der Waals surface area (Å²) in [4.78, 5) is 26.9. The number of rotatable bonds is 4. The Bertz CT molecular complexity index is 1110. The normalized spacial score (nSPS) is 24.8. The average molecular weight is 469 g/mol. The van der Waals surface area contributed by atoms with Gasteiger partial charge in [-0.1, -0.05) is 18.2 Å². The first kappa shape index (κ1) is 21.9. The standard InChI is InChI=1S/C19H24N4O6S2/c24-18-7-6-17(20-23(18)15-8-13-30(26,27)14-15)19(25)21-9-11-22(12-10-21)31(28,29)16-4-2-1-3-5-16/h1-5,15H,6-14H2. The van der Waals surface area contributed by atoms with E-state index in [2.05, 4.69) is 5.10 Å². The minimum atomic E-state index is -3.62. The Morgan fingerprint density at radius 1 is 1.03 bits per heavy atom. The fourth-order valence-electron chi connectivity index (χ4n) is 4.03. The van der Waals surface area contributed by atoms with Crippen LogP contribution in [-0.2, 0) is 29.4 Å². The van der Waals surface area contributed by atoms with Crippen molar-refractivity contribution in [3.05, 3.63) is 30.3 Å². The minimum Gasteiger partial charge on any atom is -0.335 e. The molecule has 12 heteroatoms. The number of carbonyl (C=O) groups is 2. The lowest BCUT2D eigenvalue weighted by atomic mass is 10.1. The summed E-state index contributed by atoms with van der Waals surface area (Å²) >= 11 is 0. The third-order valence-electron chi connectivity index (χ3n) is 5.77. The van der Waals surface area contributed by atoms with Gasteiger partial charge < -0.3 is 4.90 Å². The molecule has 0 saturated carbocycles. The van der Waals surface area contributed by atoms with Crippen LogP contribution < -0.4 is 0 Å². The van der Waals surface area contributed by atoms with Gasteiger partial charge in [0.15, 0.2) is 9.84 Å². The summed E-state index contributed by atoms with van der Waals surface area (Å²) in [5, 5.41) is 5.38. The first-order valence-electron chi connectivity index (χ1n) is 10.1. The summed E-state index contributed by atoms with van der Waals surface area (Å²) in [7, 11) is -6.81. The Morgan fingerprint density at radius 2 is 1.71 bits per heavy atom. The fourth-order valence-corrected chi connectivity index (χ4v) is 7.17. The van der Waals surface area contributed by atoms with E-state index in [1.54, 1.807) is 30.3 Å². The lowest BCUT2D eigenvalue weighted by Gasteiger charge is -2.35. The van der Waals surface area contributed by atoms with Crippen LogP contribution in [0.1, 0.15) is 19.3 Å². The molecule has 0 radical (unpaired) electrons. The van der Waals surface area contributed by atoms with E-state index in [9.17, 15) is 26.4 Å². The Morgan fingerprint density at radius 3 is 2.32 bits per heavy atom. The molecule has 0 aromatic heterocycles. The van der Waals surface area contributed by atoms with Crippen molar-refractivity contribution in [2.75, 3.05) is 37.7 Å². The summed E-state index contributed by atoms with van der Waals surface area (Å²) in [6, 6.07) is 7.62. The van der Waals surface area contributed by atoms with Gasteiger partial charge in [0.25, 0.3) is 5.91 Å². The maximum absolute atomic E-state index is 12.9. The molecule has 2 amide bonds. The maximum Gasteiger partial charge on any atom is 0.270 e. The first-order valence-corrected chi connectivity index (χ1v) is 13.4. The van der Waals surface area contributed by atoms with E-state index in [0.29, 0.717) is 6.42 Å². The number of benzene rings is 1. The Kier molecular flexibility index (Phi) is 5.88. The second kappa shape index (κ2) is 8.32. The molecule has 3 aliphatic rings. The van der Waals surface area contributed by atoms with Gasteiger partial charge in [-0.3, -0.25) is 9.59 Å². The lowest BCUT2D eigenvalue weighted by molar-refractivity contribution is -0.134. The molecule has 0 N–H and O–H groups in total. The SMILES string of the molecule is O=C(C1=NN(C2CCS(=O)(=O)C2)C(=O)CC1)N1CCN(S(=O)(=O)c2ccccc2)CC1. The number of hydrogen-bond donors (Lipinski definition) is 0. The molecule has 168 valence electrons. The van der Waals surface area contributed by atoms with Crippen molar-refractivity contribution in [3.8, 4) is 0 Å². The molecule has 1 unspecified atom stereocenters. The van der Waals surface area contributed by atoms with E-state index in [-0.39, 0.29) is 72.9 Å². The molecule has 0 aliphatic carbocycles. The zero-order chi connectivity index (χ0) is 22.2. The summed E-state index contributed by atoms with van der Waals surface area (Å²) in [6.45, 7) is 0.769. The van der Waals surface area contributed by atoms with Gasteiger partial charge in [0.05, 0.1) is 22.4 Å². The van der Waals surface area contributed by atoms with E-state index in [4.69, 9.17) is 0 Å². The summed E-state index contributed by atoms with van der Waals surface area (Å²) in [5.41, 5.74) is 0.211. The van der Waals surface area contributed by atoms with Crippen LogP contribution >= 0.6 is 0 Å². The highest BCUT2D eigenvalue weighted by atomic mass is 32.2. The van der Waals surface area contributed by atoms with Gasteiger partial charge in [0.2, 0.25) is 15.9 Å². The zero-order valence-corrected chi connectivity index (χ0v) is 18.5. The number of amides is 2. The molecular weight excluding hydrogens is 444 g/mol. The van der Waals surface area contributed by atoms with Gasteiger partial charge in [-0.15, -0.1) is 0 Å². The van der Waals surface area contributed by atoms with Crippen LogP contribution in [0, 0.1) is 0 Å². The number of sulfonamides is 1. The topological polar surface area (TPSA) is 124 Å². The van der Waals surface area contributed by atoms with Gasteiger partial charge >= 0.3 is 0 Å². The third kappa shape index (κ3) is 4.51. The van der Waals surface area contributed by atoms with E-state index < -0.39 is 25.9 Å². The van der Waals surface area contributed by atoms with Gasteiger partial charge in [-0.25, -0.2) is 21.8 Å². The highest BCUT2D eigenvalue weighted by Gasteiger charge is 2.38. The van der Waals surface area contributed by atoms with Crippen molar-refractivity contribution in [2.45, 2.75) is 30.2 Å². The van der Waals surface area contributed by atoms with Crippen LogP contribution in [-0.4, -0.2) is 92.3 Å². The number of sulfone groups is 1. The monoisotopic (exact) mass is 468 g/mol. The van der Waals surface area contributed by atoms with E-state index in [0.717, 1.165) is 5.01 Å². The second-order valence-electron chi connectivity index (χ2n) is 7.85. The van der Waals surface area contributed by atoms with Gasteiger partial charge in [-0.2, -0.15) is 9.41 Å². The largest absolute Gasteiger partial charge is 0.335 e. The zero-order valence-electron chi connectivity index (χ0n) is 16.9. The Labute approximate surface area is 181 Å². The van der Waals surface area contributed by atoms with E-state index in [1.807, 2.05) is 0 Å². The molecule has 1 aromatic rings. The average Bonchev–Trinajstić information content (AvgIpc) is 3.13. The molecule has 31 heavy (non-hydrogen) atoms. The van der Waals surface area contributed by atoms with Crippen LogP contribution in [0.25, 0.3) is 0 Å². The molecular formula is C19H24N4O6S2. The first-order chi connectivity index (χ1) is 14.7. The summed E-state index contributed by atoms with van der Waals surface area (Å²) in [5.74, 6) is -0.745. The molecule has 3 heterocycles. The number of carbonyl (C=O) groups excluding carboxylic acids is 2. The molecule has 2 fully saturated rings. The Balaban J connectivity index is 1.42. The van der Waals surface area contributed by atoms with Crippen LogP contribution in [0.5, 0.6) is 0 Å². The molecule has 1 atom stereocenters.